The summed E-state index contributed by atoms with van der Waals surface area (Å²) >= 11 is 0. The van der Waals surface area contributed by atoms with Crippen LogP contribution in [0.3, 0.4) is 0 Å². The van der Waals surface area contributed by atoms with Gasteiger partial charge in [0.25, 0.3) is 0 Å². The summed E-state index contributed by atoms with van der Waals surface area (Å²) in [5.41, 5.74) is -1.11. The Labute approximate surface area is 58.9 Å². The van der Waals surface area contributed by atoms with Gasteiger partial charge in [-0.1, -0.05) is 0 Å². The molecule has 1 aliphatic rings. The summed E-state index contributed by atoms with van der Waals surface area (Å²) in [5, 5.41) is 27.1. The fourth-order valence-electron chi connectivity index (χ4n) is 1.000. The van der Waals surface area contributed by atoms with Gasteiger partial charge < -0.3 is 15.3 Å². The van der Waals surface area contributed by atoms with E-state index in [9.17, 15) is 5.11 Å². The minimum atomic E-state index is -1.11. The molecule has 1 atom stereocenters. The van der Waals surface area contributed by atoms with Crippen molar-refractivity contribution in [3.05, 3.63) is 23.7 Å². The van der Waals surface area contributed by atoms with Gasteiger partial charge in [0.1, 0.15) is 5.76 Å². The van der Waals surface area contributed by atoms with E-state index in [1.54, 1.807) is 0 Å². The summed E-state index contributed by atoms with van der Waals surface area (Å²) in [6, 6.07) is 0. The van der Waals surface area contributed by atoms with Crippen LogP contribution in [0.15, 0.2) is 23.7 Å². The van der Waals surface area contributed by atoms with Crippen molar-refractivity contribution in [1.82, 2.24) is 0 Å². The Kier molecular flexibility index (Phi) is 1.45. The lowest BCUT2D eigenvalue weighted by Crippen LogP contribution is -2.24. The SMILES string of the molecule is CC1(O)C=C(O)C=C(O)C1. The monoisotopic (exact) mass is 142 g/mol. The topological polar surface area (TPSA) is 60.7 Å². The van der Waals surface area contributed by atoms with E-state index in [0.29, 0.717) is 0 Å². The van der Waals surface area contributed by atoms with Crippen LogP contribution in [0.2, 0.25) is 0 Å². The summed E-state index contributed by atoms with van der Waals surface area (Å²) in [4.78, 5) is 0. The van der Waals surface area contributed by atoms with Gasteiger partial charge in [-0.25, -0.2) is 0 Å². The molecule has 0 radical (unpaired) electrons. The predicted octanol–water partition coefficient (Wildman–Crippen LogP) is 1.02. The molecule has 3 N–H and O–H groups in total. The van der Waals surface area contributed by atoms with Crippen LogP contribution in [-0.2, 0) is 0 Å². The lowest BCUT2D eigenvalue weighted by atomic mass is 9.96. The third kappa shape index (κ3) is 1.51. The van der Waals surface area contributed by atoms with Gasteiger partial charge in [-0.05, 0) is 13.0 Å². The van der Waals surface area contributed by atoms with E-state index >= 15 is 0 Å². The van der Waals surface area contributed by atoms with Gasteiger partial charge in [-0.3, -0.25) is 0 Å². The molecule has 0 bridgehead atoms. The molecule has 0 saturated carbocycles. The molecule has 1 unspecified atom stereocenters. The molecule has 1 aliphatic carbocycles. The zero-order valence-electron chi connectivity index (χ0n) is 5.70. The molecular weight excluding hydrogens is 132 g/mol. The van der Waals surface area contributed by atoms with E-state index in [1.807, 2.05) is 0 Å². The molecule has 0 saturated heterocycles. The van der Waals surface area contributed by atoms with Crippen molar-refractivity contribution < 1.29 is 15.3 Å². The van der Waals surface area contributed by atoms with Gasteiger partial charge in [0.2, 0.25) is 0 Å². The van der Waals surface area contributed by atoms with Crippen LogP contribution in [0.4, 0.5) is 0 Å². The van der Waals surface area contributed by atoms with Crippen molar-refractivity contribution in [3.8, 4) is 0 Å². The van der Waals surface area contributed by atoms with Crippen molar-refractivity contribution in [1.29, 1.82) is 0 Å². The Morgan fingerprint density at radius 3 is 2.50 bits per heavy atom. The molecule has 0 heterocycles. The maximum Gasteiger partial charge on any atom is 0.117 e. The van der Waals surface area contributed by atoms with Crippen LogP contribution in [-0.4, -0.2) is 20.9 Å². The number of allylic oxidation sites excluding steroid dienone is 1. The van der Waals surface area contributed by atoms with Crippen molar-refractivity contribution in [2.24, 2.45) is 0 Å². The summed E-state index contributed by atoms with van der Waals surface area (Å²) in [7, 11) is 0. The van der Waals surface area contributed by atoms with Gasteiger partial charge in [0.05, 0.1) is 11.4 Å². The van der Waals surface area contributed by atoms with Gasteiger partial charge in [0.15, 0.2) is 0 Å². The second kappa shape index (κ2) is 2.02. The summed E-state index contributed by atoms with van der Waals surface area (Å²) in [6.45, 7) is 1.52. The van der Waals surface area contributed by atoms with Crippen LogP contribution in [0.5, 0.6) is 0 Å². The first-order valence-corrected chi connectivity index (χ1v) is 3.03. The van der Waals surface area contributed by atoms with Gasteiger partial charge in [0, 0.05) is 12.5 Å². The van der Waals surface area contributed by atoms with E-state index in [1.165, 1.54) is 19.1 Å². The Balaban J connectivity index is 2.88. The zero-order chi connectivity index (χ0) is 7.78. The average molecular weight is 142 g/mol. The zero-order valence-corrected chi connectivity index (χ0v) is 5.70. The van der Waals surface area contributed by atoms with E-state index < -0.39 is 5.60 Å². The minimum absolute atomic E-state index is 0.00463. The van der Waals surface area contributed by atoms with Crippen LogP contribution < -0.4 is 0 Å². The van der Waals surface area contributed by atoms with Gasteiger partial charge in [-0.2, -0.15) is 0 Å². The third-order valence-corrected chi connectivity index (χ3v) is 1.31. The standard InChI is InChI=1S/C7H10O3/c1-7(10)3-5(8)2-6(9)4-7/h2-3,8-10H,4H2,1H3. The molecule has 56 valence electrons. The first kappa shape index (κ1) is 7.15. The Morgan fingerprint density at radius 1 is 1.50 bits per heavy atom. The van der Waals surface area contributed by atoms with E-state index in [4.69, 9.17) is 10.2 Å². The van der Waals surface area contributed by atoms with Crippen LogP contribution >= 0.6 is 0 Å². The highest BCUT2D eigenvalue weighted by molar-refractivity contribution is 5.24. The molecule has 0 aromatic carbocycles. The number of hydrogen-bond donors (Lipinski definition) is 3. The third-order valence-electron chi connectivity index (χ3n) is 1.31. The van der Waals surface area contributed by atoms with Crippen molar-refractivity contribution in [3.63, 3.8) is 0 Å². The van der Waals surface area contributed by atoms with Crippen molar-refractivity contribution in [2.45, 2.75) is 18.9 Å². The average Bonchev–Trinajstić information content (AvgIpc) is 1.54. The molecule has 3 nitrogen and oxygen atoms in total. The Morgan fingerprint density at radius 2 is 2.10 bits per heavy atom. The summed E-state index contributed by atoms with van der Waals surface area (Å²) < 4.78 is 0. The summed E-state index contributed by atoms with van der Waals surface area (Å²) in [6.07, 6.45) is 2.68. The molecular formula is C7H10O3. The van der Waals surface area contributed by atoms with Crippen LogP contribution in [0, 0.1) is 0 Å². The predicted molar refractivity (Wildman–Crippen MR) is 36.7 cm³/mol. The van der Waals surface area contributed by atoms with E-state index in [0.717, 1.165) is 0 Å². The maximum atomic E-state index is 9.28. The highest BCUT2D eigenvalue weighted by atomic mass is 16.3. The fraction of sp³-hybridized carbons (Fsp3) is 0.429. The Bertz CT molecular complexity index is 201. The molecule has 0 amide bonds. The van der Waals surface area contributed by atoms with Gasteiger partial charge in [-0.15, -0.1) is 0 Å². The fourth-order valence-corrected chi connectivity index (χ4v) is 1.000. The van der Waals surface area contributed by atoms with Crippen molar-refractivity contribution in [2.75, 3.05) is 0 Å². The lowest BCUT2D eigenvalue weighted by molar-refractivity contribution is 0.0914. The molecule has 0 aromatic heterocycles. The second-order valence-electron chi connectivity index (χ2n) is 2.74. The van der Waals surface area contributed by atoms with E-state index in [-0.39, 0.29) is 17.9 Å². The molecule has 10 heavy (non-hydrogen) atoms. The number of rotatable bonds is 0. The normalized spacial score (nSPS) is 33.0. The molecule has 0 fully saturated rings. The van der Waals surface area contributed by atoms with Crippen molar-refractivity contribution >= 4 is 0 Å². The number of aliphatic hydroxyl groups is 3. The van der Waals surface area contributed by atoms with Crippen LogP contribution in [0.1, 0.15) is 13.3 Å². The van der Waals surface area contributed by atoms with Crippen LogP contribution in [0.25, 0.3) is 0 Å². The highest BCUT2D eigenvalue weighted by Crippen LogP contribution is 2.22. The number of hydrogen-bond acceptors (Lipinski definition) is 3. The molecule has 3 heteroatoms. The smallest absolute Gasteiger partial charge is 0.117 e. The minimum Gasteiger partial charge on any atom is -0.512 e. The quantitative estimate of drug-likeness (QED) is 0.473. The largest absolute Gasteiger partial charge is 0.512 e. The molecule has 0 spiro atoms. The summed E-state index contributed by atoms with van der Waals surface area (Å²) in [5.74, 6) is -0.0845. The highest BCUT2D eigenvalue weighted by Gasteiger charge is 2.23. The van der Waals surface area contributed by atoms with E-state index in [2.05, 4.69) is 0 Å². The maximum absolute atomic E-state index is 9.28. The Hall–Kier alpha value is -0.960. The van der Waals surface area contributed by atoms with Gasteiger partial charge >= 0.3 is 0 Å². The first-order chi connectivity index (χ1) is 4.49. The second-order valence-corrected chi connectivity index (χ2v) is 2.74. The first-order valence-electron chi connectivity index (χ1n) is 3.03. The lowest BCUT2D eigenvalue weighted by Gasteiger charge is -2.21. The molecule has 0 aromatic rings. The molecule has 0 aliphatic heterocycles. The molecule has 1 rings (SSSR count). The number of aliphatic hydroxyl groups excluding tert-OH is 2.